The Morgan fingerprint density at radius 2 is 1.58 bits per heavy atom. The molecular formula is C24H21FN2O3S. The maximum atomic E-state index is 13.5. The van der Waals surface area contributed by atoms with Crippen molar-refractivity contribution in [2.24, 2.45) is 0 Å². The van der Waals surface area contributed by atoms with E-state index in [4.69, 9.17) is 0 Å². The van der Waals surface area contributed by atoms with Crippen LogP contribution in [-0.2, 0) is 21.1 Å². The predicted octanol–water partition coefficient (Wildman–Crippen LogP) is 3.78. The number of anilines is 1. The van der Waals surface area contributed by atoms with Crippen LogP contribution in [0.3, 0.4) is 0 Å². The fraction of sp³-hybridized carbons (Fsp3) is 0.125. The van der Waals surface area contributed by atoms with Gasteiger partial charge in [0, 0.05) is 30.1 Å². The van der Waals surface area contributed by atoms with E-state index in [-0.39, 0.29) is 10.8 Å². The summed E-state index contributed by atoms with van der Waals surface area (Å²) in [5.41, 5.74) is 2.77. The monoisotopic (exact) mass is 436 g/mol. The van der Waals surface area contributed by atoms with Crippen molar-refractivity contribution in [3.8, 4) is 0 Å². The summed E-state index contributed by atoms with van der Waals surface area (Å²) in [7, 11) is -3.33. The third-order valence-electron chi connectivity index (χ3n) is 5.13. The van der Waals surface area contributed by atoms with Crippen LogP contribution in [0.15, 0.2) is 90.0 Å². The van der Waals surface area contributed by atoms with Crippen molar-refractivity contribution in [1.29, 1.82) is 0 Å². The van der Waals surface area contributed by atoms with Crippen molar-refractivity contribution in [3.63, 3.8) is 0 Å². The van der Waals surface area contributed by atoms with Crippen LogP contribution in [0, 0.1) is 5.82 Å². The molecule has 3 aromatic rings. The van der Waals surface area contributed by atoms with E-state index in [1.165, 1.54) is 24.3 Å². The summed E-state index contributed by atoms with van der Waals surface area (Å²) >= 11 is 0. The molecule has 0 saturated carbocycles. The van der Waals surface area contributed by atoms with E-state index < -0.39 is 21.7 Å². The van der Waals surface area contributed by atoms with E-state index in [1.807, 2.05) is 30.3 Å². The van der Waals surface area contributed by atoms with Gasteiger partial charge < -0.3 is 5.32 Å². The summed E-state index contributed by atoms with van der Waals surface area (Å²) in [5, 5.41) is 3.18. The molecule has 3 aromatic carbocycles. The molecule has 4 rings (SSSR count). The molecule has 0 spiro atoms. The van der Waals surface area contributed by atoms with Gasteiger partial charge in [0.2, 0.25) is 0 Å². The highest BCUT2D eigenvalue weighted by Gasteiger charge is 2.32. The first-order valence-corrected chi connectivity index (χ1v) is 11.6. The molecule has 1 aliphatic heterocycles. The number of rotatable bonds is 5. The van der Waals surface area contributed by atoms with Gasteiger partial charge >= 0.3 is 0 Å². The molecule has 7 heteroatoms. The molecular weight excluding hydrogens is 415 g/mol. The smallest absolute Gasteiger partial charge is 0.254 e. The average molecular weight is 437 g/mol. The Hall–Kier alpha value is -3.45. The molecule has 0 aliphatic carbocycles. The Morgan fingerprint density at radius 1 is 0.935 bits per heavy atom. The fourth-order valence-corrected chi connectivity index (χ4v) is 4.16. The van der Waals surface area contributed by atoms with Crippen LogP contribution < -0.4 is 10.2 Å². The zero-order chi connectivity index (χ0) is 22.0. The summed E-state index contributed by atoms with van der Waals surface area (Å²) in [6.07, 6.45) is 3.38. The van der Waals surface area contributed by atoms with Gasteiger partial charge in [-0.2, -0.15) is 0 Å². The summed E-state index contributed by atoms with van der Waals surface area (Å²) in [6, 6.07) is 21.2. The van der Waals surface area contributed by atoms with Gasteiger partial charge in [0.25, 0.3) is 5.91 Å². The largest absolute Gasteiger partial charge is 0.378 e. The minimum Gasteiger partial charge on any atom is -0.378 e. The SMILES string of the molecule is CS(=O)(=O)c1ccc(C2=CNC(Cc3ccccc3)C(=O)N2c2ccc(F)cc2)cc1. The van der Waals surface area contributed by atoms with Gasteiger partial charge in [-0.25, -0.2) is 12.8 Å². The number of halogens is 1. The zero-order valence-corrected chi connectivity index (χ0v) is 17.6. The van der Waals surface area contributed by atoms with Crippen molar-refractivity contribution in [3.05, 3.63) is 102 Å². The number of benzene rings is 3. The molecule has 158 valence electrons. The second-order valence-corrected chi connectivity index (χ2v) is 9.40. The molecule has 1 N–H and O–H groups in total. The molecule has 1 amide bonds. The second kappa shape index (κ2) is 8.35. The predicted molar refractivity (Wildman–Crippen MR) is 118 cm³/mol. The number of amides is 1. The van der Waals surface area contributed by atoms with Crippen molar-refractivity contribution < 1.29 is 17.6 Å². The lowest BCUT2D eigenvalue weighted by Gasteiger charge is -2.34. The number of carbonyl (C=O) groups excluding carboxylic acids is 1. The van der Waals surface area contributed by atoms with Crippen LogP contribution in [0.5, 0.6) is 0 Å². The van der Waals surface area contributed by atoms with E-state index in [0.717, 1.165) is 11.8 Å². The number of hydrogen-bond acceptors (Lipinski definition) is 4. The van der Waals surface area contributed by atoms with Crippen LogP contribution in [0.1, 0.15) is 11.1 Å². The van der Waals surface area contributed by atoms with Gasteiger partial charge in [0.15, 0.2) is 9.84 Å². The van der Waals surface area contributed by atoms with Gasteiger partial charge in [-0.1, -0.05) is 42.5 Å². The van der Waals surface area contributed by atoms with E-state index in [0.29, 0.717) is 23.4 Å². The lowest BCUT2D eigenvalue weighted by molar-refractivity contribution is -0.119. The van der Waals surface area contributed by atoms with Crippen LogP contribution in [0.4, 0.5) is 10.1 Å². The van der Waals surface area contributed by atoms with Gasteiger partial charge in [0.05, 0.1) is 10.6 Å². The summed E-state index contributed by atoms with van der Waals surface area (Å²) in [6.45, 7) is 0. The molecule has 1 heterocycles. The molecule has 0 fully saturated rings. The Bertz CT molecular complexity index is 1220. The first-order valence-electron chi connectivity index (χ1n) is 9.73. The van der Waals surface area contributed by atoms with Gasteiger partial charge in [-0.05, 0) is 42.0 Å². The molecule has 1 unspecified atom stereocenters. The lowest BCUT2D eigenvalue weighted by Crippen LogP contribution is -2.49. The molecule has 0 saturated heterocycles. The molecule has 0 radical (unpaired) electrons. The Labute approximate surface area is 180 Å². The summed E-state index contributed by atoms with van der Waals surface area (Å²) < 4.78 is 37.1. The first kappa shape index (κ1) is 20.8. The Kier molecular flexibility index (Phi) is 5.61. The van der Waals surface area contributed by atoms with Gasteiger partial charge in [-0.15, -0.1) is 0 Å². The normalized spacial score (nSPS) is 16.6. The van der Waals surface area contributed by atoms with E-state index >= 15 is 0 Å². The van der Waals surface area contributed by atoms with Crippen LogP contribution >= 0.6 is 0 Å². The van der Waals surface area contributed by atoms with Gasteiger partial charge in [-0.3, -0.25) is 9.69 Å². The number of nitrogens with one attached hydrogen (secondary N) is 1. The Morgan fingerprint density at radius 3 is 2.19 bits per heavy atom. The van der Waals surface area contributed by atoms with Gasteiger partial charge in [0.1, 0.15) is 11.9 Å². The van der Waals surface area contributed by atoms with E-state index in [1.54, 1.807) is 35.4 Å². The maximum Gasteiger partial charge on any atom is 0.254 e. The Balaban J connectivity index is 1.73. The third kappa shape index (κ3) is 4.51. The molecule has 0 aromatic heterocycles. The number of sulfone groups is 1. The quantitative estimate of drug-likeness (QED) is 0.661. The zero-order valence-electron chi connectivity index (χ0n) is 16.8. The maximum absolute atomic E-state index is 13.5. The van der Waals surface area contributed by atoms with Crippen molar-refractivity contribution in [1.82, 2.24) is 5.32 Å². The molecule has 5 nitrogen and oxygen atoms in total. The van der Waals surface area contributed by atoms with Crippen molar-refractivity contribution in [2.45, 2.75) is 17.4 Å². The van der Waals surface area contributed by atoms with E-state index in [2.05, 4.69) is 5.32 Å². The number of nitrogens with zero attached hydrogens (tertiary/aromatic N) is 1. The minimum absolute atomic E-state index is 0.180. The first-order chi connectivity index (χ1) is 14.8. The second-order valence-electron chi connectivity index (χ2n) is 7.39. The highest BCUT2D eigenvalue weighted by molar-refractivity contribution is 7.90. The standard InChI is InChI=1S/C24H21FN2O3S/c1-31(29,30)21-13-7-18(8-14-21)23-16-26-22(15-17-5-3-2-4-6-17)24(28)27(23)20-11-9-19(25)10-12-20/h2-14,16,22,26H,15H2,1H3. The highest BCUT2D eigenvalue weighted by atomic mass is 32.2. The highest BCUT2D eigenvalue weighted by Crippen LogP contribution is 2.30. The average Bonchev–Trinajstić information content (AvgIpc) is 2.76. The molecule has 1 atom stereocenters. The number of hydrogen-bond donors (Lipinski definition) is 1. The lowest BCUT2D eigenvalue weighted by atomic mass is 10.0. The third-order valence-corrected chi connectivity index (χ3v) is 6.25. The van der Waals surface area contributed by atoms with E-state index in [9.17, 15) is 17.6 Å². The van der Waals surface area contributed by atoms with Crippen LogP contribution in [0.25, 0.3) is 5.70 Å². The van der Waals surface area contributed by atoms with Crippen molar-refractivity contribution in [2.75, 3.05) is 11.2 Å². The molecule has 31 heavy (non-hydrogen) atoms. The summed E-state index contributed by atoms with van der Waals surface area (Å²) in [5.74, 6) is -0.574. The minimum atomic E-state index is -3.33. The van der Waals surface area contributed by atoms with Crippen LogP contribution in [0.2, 0.25) is 0 Å². The van der Waals surface area contributed by atoms with Crippen molar-refractivity contribution >= 4 is 27.1 Å². The fourth-order valence-electron chi connectivity index (χ4n) is 3.53. The summed E-state index contributed by atoms with van der Waals surface area (Å²) in [4.78, 5) is 15.2. The molecule has 0 bridgehead atoms. The van der Waals surface area contributed by atoms with Crippen LogP contribution in [-0.4, -0.2) is 26.6 Å². The molecule has 1 aliphatic rings. The number of carbonyl (C=O) groups is 1. The topological polar surface area (TPSA) is 66.5 Å².